The zero-order valence-electron chi connectivity index (χ0n) is 16.1. The first-order valence-corrected chi connectivity index (χ1v) is 9.96. The zero-order chi connectivity index (χ0) is 19.3. The lowest BCUT2D eigenvalue weighted by Crippen LogP contribution is -2.37. The van der Waals surface area contributed by atoms with Crippen molar-refractivity contribution >= 4 is 22.7 Å². The van der Waals surface area contributed by atoms with Crippen molar-refractivity contribution in [1.82, 2.24) is 19.9 Å². The Morgan fingerprint density at radius 2 is 2.18 bits per heavy atom. The number of aromatic nitrogens is 3. The van der Waals surface area contributed by atoms with Gasteiger partial charge in [-0.25, -0.2) is 9.97 Å². The molecule has 2 aliphatic rings. The number of benzene rings is 1. The summed E-state index contributed by atoms with van der Waals surface area (Å²) in [6.07, 6.45) is 2.70. The number of imidazole rings is 1. The largest absolute Gasteiger partial charge is 0.392 e. The third-order valence-electron chi connectivity index (χ3n) is 5.82. The Bertz CT molecular complexity index is 1030. The fourth-order valence-corrected chi connectivity index (χ4v) is 4.56. The van der Waals surface area contributed by atoms with Crippen LogP contribution in [-0.2, 0) is 13.0 Å². The quantitative estimate of drug-likeness (QED) is 0.558. The van der Waals surface area contributed by atoms with Crippen LogP contribution >= 0.6 is 0 Å². The Labute approximate surface area is 164 Å². The maximum atomic E-state index is 9.91. The molecule has 0 amide bonds. The van der Waals surface area contributed by atoms with E-state index in [1.807, 2.05) is 13.0 Å². The molecule has 2 aliphatic heterocycles. The zero-order valence-corrected chi connectivity index (χ0v) is 16.1. The summed E-state index contributed by atoms with van der Waals surface area (Å²) in [5, 5.41) is 13.5. The van der Waals surface area contributed by atoms with Gasteiger partial charge in [0.15, 0.2) is 5.65 Å². The minimum Gasteiger partial charge on any atom is -0.392 e. The van der Waals surface area contributed by atoms with Crippen LogP contribution in [0.3, 0.4) is 0 Å². The third-order valence-corrected chi connectivity index (χ3v) is 5.82. The highest BCUT2D eigenvalue weighted by Crippen LogP contribution is 2.37. The number of aromatic amines is 1. The highest BCUT2D eigenvalue weighted by molar-refractivity contribution is 5.79. The number of aryl methyl sites for hydroxylation is 1. The van der Waals surface area contributed by atoms with Crippen molar-refractivity contribution in [1.29, 1.82) is 0 Å². The topological polar surface area (TPSA) is 103 Å². The maximum absolute atomic E-state index is 9.91. The van der Waals surface area contributed by atoms with Crippen LogP contribution in [0, 0.1) is 6.92 Å². The van der Waals surface area contributed by atoms with E-state index in [0.29, 0.717) is 11.5 Å². The van der Waals surface area contributed by atoms with Crippen molar-refractivity contribution < 1.29 is 5.11 Å². The molecule has 7 nitrogen and oxygen atoms in total. The van der Waals surface area contributed by atoms with Crippen LogP contribution in [0.1, 0.15) is 41.4 Å². The Hall–Kier alpha value is -2.64. The SMILES string of the molecule is Cc1nc2nc(N)cc(C3Cc4cc(CN5CCCC(O)C5)ccc4N3)c2[nH]1. The molecular weight excluding hydrogens is 352 g/mol. The van der Waals surface area contributed by atoms with E-state index in [1.165, 1.54) is 16.8 Å². The normalized spacial score (nSPS) is 22.4. The summed E-state index contributed by atoms with van der Waals surface area (Å²) >= 11 is 0. The highest BCUT2D eigenvalue weighted by atomic mass is 16.3. The first-order chi connectivity index (χ1) is 13.5. The van der Waals surface area contributed by atoms with Gasteiger partial charge >= 0.3 is 0 Å². The molecule has 0 bridgehead atoms. The lowest BCUT2D eigenvalue weighted by molar-refractivity contribution is 0.0668. The number of nitrogens with zero attached hydrogens (tertiary/aromatic N) is 3. The molecule has 1 fully saturated rings. The molecule has 0 radical (unpaired) electrons. The number of aliphatic hydroxyl groups is 1. The van der Waals surface area contributed by atoms with Gasteiger partial charge in [-0.05, 0) is 56.0 Å². The smallest absolute Gasteiger partial charge is 0.180 e. The molecule has 28 heavy (non-hydrogen) atoms. The summed E-state index contributed by atoms with van der Waals surface area (Å²) in [6, 6.07) is 8.74. The second kappa shape index (κ2) is 6.76. The predicted molar refractivity (Wildman–Crippen MR) is 110 cm³/mol. The van der Waals surface area contributed by atoms with E-state index in [2.05, 4.69) is 43.4 Å². The number of H-pyrrole nitrogens is 1. The fourth-order valence-electron chi connectivity index (χ4n) is 4.56. The molecule has 2 unspecified atom stereocenters. The lowest BCUT2D eigenvalue weighted by Gasteiger charge is -2.30. The van der Waals surface area contributed by atoms with Crippen LogP contribution in [0.25, 0.3) is 11.2 Å². The van der Waals surface area contributed by atoms with Gasteiger partial charge in [0, 0.05) is 24.3 Å². The number of pyridine rings is 1. The molecule has 7 heteroatoms. The number of nitrogens with two attached hydrogens (primary N) is 1. The van der Waals surface area contributed by atoms with Gasteiger partial charge in [0.2, 0.25) is 0 Å². The number of anilines is 2. The number of nitrogen functional groups attached to an aromatic ring is 1. The maximum Gasteiger partial charge on any atom is 0.180 e. The highest BCUT2D eigenvalue weighted by Gasteiger charge is 2.26. The van der Waals surface area contributed by atoms with Crippen LogP contribution in [0.2, 0.25) is 0 Å². The molecule has 1 aromatic carbocycles. The van der Waals surface area contributed by atoms with E-state index in [0.717, 1.165) is 55.8 Å². The summed E-state index contributed by atoms with van der Waals surface area (Å²) in [6.45, 7) is 4.65. The molecule has 0 aliphatic carbocycles. The Balaban J connectivity index is 1.39. The van der Waals surface area contributed by atoms with E-state index < -0.39 is 0 Å². The molecule has 146 valence electrons. The Morgan fingerprint density at radius 1 is 1.29 bits per heavy atom. The Kier molecular flexibility index (Phi) is 4.21. The summed E-state index contributed by atoms with van der Waals surface area (Å²) in [5.41, 5.74) is 12.6. The number of aliphatic hydroxyl groups excluding tert-OH is 1. The number of β-amino-alcohol motifs (C(OH)–C–C–N with tert-alkyl or cyclic N) is 1. The minimum absolute atomic E-state index is 0.148. The number of hydrogen-bond donors (Lipinski definition) is 4. The van der Waals surface area contributed by atoms with Crippen molar-refractivity contribution in [2.75, 3.05) is 24.1 Å². The van der Waals surface area contributed by atoms with Gasteiger partial charge in [-0.2, -0.15) is 0 Å². The molecule has 5 N–H and O–H groups in total. The van der Waals surface area contributed by atoms with Crippen LogP contribution in [0.5, 0.6) is 0 Å². The standard InChI is InChI=1S/C21H26N6O/c1-12-23-20-16(9-19(22)26-21(20)24-12)18-8-14-7-13(4-5-17(14)25-18)10-27-6-2-3-15(28)11-27/h4-5,7,9,15,18,25,28H,2-3,6,8,10-11H2,1H3,(H3,22,23,24,26). The second-order valence-corrected chi connectivity index (χ2v) is 8.08. The number of nitrogens with one attached hydrogen (secondary N) is 2. The minimum atomic E-state index is -0.188. The van der Waals surface area contributed by atoms with Gasteiger partial charge in [-0.15, -0.1) is 0 Å². The predicted octanol–water partition coefficient (Wildman–Crippen LogP) is 2.51. The van der Waals surface area contributed by atoms with Crippen LogP contribution in [-0.4, -0.2) is 44.2 Å². The number of piperidine rings is 1. The van der Waals surface area contributed by atoms with Crippen molar-refractivity contribution in [3.05, 3.63) is 46.8 Å². The molecule has 5 rings (SSSR count). The van der Waals surface area contributed by atoms with Crippen LogP contribution < -0.4 is 11.1 Å². The molecular formula is C21H26N6O. The summed E-state index contributed by atoms with van der Waals surface area (Å²) < 4.78 is 0. The van der Waals surface area contributed by atoms with E-state index in [1.54, 1.807) is 0 Å². The molecule has 1 saturated heterocycles. The van der Waals surface area contributed by atoms with Crippen molar-refractivity contribution in [3.8, 4) is 0 Å². The molecule has 0 spiro atoms. The van der Waals surface area contributed by atoms with Crippen molar-refractivity contribution in [3.63, 3.8) is 0 Å². The van der Waals surface area contributed by atoms with Gasteiger partial charge in [0.05, 0.1) is 17.7 Å². The van der Waals surface area contributed by atoms with Crippen LogP contribution in [0.4, 0.5) is 11.5 Å². The van der Waals surface area contributed by atoms with Gasteiger partial charge in [-0.1, -0.05) is 12.1 Å². The van der Waals surface area contributed by atoms with Gasteiger partial charge < -0.3 is 21.1 Å². The van der Waals surface area contributed by atoms with Crippen molar-refractivity contribution in [2.24, 2.45) is 0 Å². The first-order valence-electron chi connectivity index (χ1n) is 9.96. The molecule has 0 saturated carbocycles. The Morgan fingerprint density at radius 3 is 3.04 bits per heavy atom. The van der Waals surface area contributed by atoms with Gasteiger partial charge in [0.1, 0.15) is 11.6 Å². The van der Waals surface area contributed by atoms with Crippen molar-refractivity contribution in [2.45, 2.75) is 44.9 Å². The molecule has 2 aromatic heterocycles. The van der Waals surface area contributed by atoms with E-state index >= 15 is 0 Å². The van der Waals surface area contributed by atoms with Gasteiger partial charge in [-0.3, -0.25) is 4.90 Å². The third kappa shape index (κ3) is 3.21. The number of rotatable bonds is 3. The number of hydrogen-bond acceptors (Lipinski definition) is 6. The second-order valence-electron chi connectivity index (χ2n) is 8.08. The summed E-state index contributed by atoms with van der Waals surface area (Å²) in [7, 11) is 0. The van der Waals surface area contributed by atoms with Crippen LogP contribution in [0.15, 0.2) is 24.3 Å². The molecule has 2 atom stereocenters. The fraction of sp³-hybridized carbons (Fsp3) is 0.429. The monoisotopic (exact) mass is 378 g/mol. The molecule has 3 aromatic rings. The van der Waals surface area contributed by atoms with E-state index in [-0.39, 0.29) is 12.1 Å². The van der Waals surface area contributed by atoms with E-state index in [4.69, 9.17) is 5.73 Å². The average molecular weight is 378 g/mol. The summed E-state index contributed by atoms with van der Waals surface area (Å²) in [4.78, 5) is 14.5. The van der Waals surface area contributed by atoms with Gasteiger partial charge in [0.25, 0.3) is 0 Å². The number of fused-ring (bicyclic) bond motifs is 2. The lowest BCUT2D eigenvalue weighted by atomic mass is 10.0. The molecule has 4 heterocycles. The summed E-state index contributed by atoms with van der Waals surface area (Å²) in [5.74, 6) is 1.34. The van der Waals surface area contributed by atoms with E-state index in [9.17, 15) is 5.11 Å². The average Bonchev–Trinajstić information content (AvgIpc) is 3.23. The first kappa shape index (κ1) is 17.5. The number of likely N-dealkylation sites (tertiary alicyclic amines) is 1.